The van der Waals surface area contributed by atoms with Crippen LogP contribution in [0.15, 0.2) is 37.4 Å². The molecule has 0 saturated carbocycles. The molecule has 0 bridgehead atoms. The summed E-state index contributed by atoms with van der Waals surface area (Å²) >= 11 is 8.00. The molecule has 4 nitrogen and oxygen atoms in total. The van der Waals surface area contributed by atoms with Crippen LogP contribution in [0.3, 0.4) is 0 Å². The van der Waals surface area contributed by atoms with Gasteiger partial charge < -0.3 is 5.32 Å². The summed E-state index contributed by atoms with van der Waals surface area (Å²) in [6.07, 6.45) is 0. The van der Waals surface area contributed by atoms with E-state index in [1.54, 1.807) is 11.8 Å². The van der Waals surface area contributed by atoms with E-state index in [9.17, 15) is 4.79 Å². The smallest absolute Gasteiger partial charge is 0.237 e. The minimum Gasteiger partial charge on any atom is -0.325 e. The van der Waals surface area contributed by atoms with Crippen molar-refractivity contribution in [2.24, 2.45) is 0 Å². The van der Waals surface area contributed by atoms with Crippen molar-refractivity contribution in [2.45, 2.75) is 27.8 Å². The monoisotopic (exact) mass is 403 g/mol. The number of hydrogen-bond acceptors (Lipinski definition) is 6. The third-order valence-electron chi connectivity index (χ3n) is 2.39. The van der Waals surface area contributed by atoms with Gasteiger partial charge in [0.25, 0.3) is 0 Å². The number of halogens is 1. The molecule has 0 aliphatic heterocycles. The zero-order chi connectivity index (χ0) is 15.2. The molecule has 0 aliphatic carbocycles. The Labute approximate surface area is 144 Å². The van der Waals surface area contributed by atoms with Crippen molar-refractivity contribution in [3.63, 3.8) is 0 Å². The molecule has 1 heterocycles. The molecule has 0 saturated heterocycles. The van der Waals surface area contributed by atoms with Crippen LogP contribution in [0.25, 0.3) is 0 Å². The second kappa shape index (κ2) is 8.17. The molecular weight excluding hydrogens is 390 g/mol. The minimum absolute atomic E-state index is 0.0435. The number of nitrogens with one attached hydrogen (secondary N) is 1. The maximum Gasteiger partial charge on any atom is 0.237 e. The second-order valence-corrected chi connectivity index (χ2v) is 9.02. The summed E-state index contributed by atoms with van der Waals surface area (Å²) in [6.45, 7) is 3.94. The fourth-order valence-electron chi connectivity index (χ4n) is 1.44. The standard InChI is InChI=1S/C13H14BrN3OS3/c1-3-19-12-16-17-13(21-12)20-8(2)11(18)15-10-6-4-5-9(14)7-10/h4-8H,3H2,1-2H3,(H,15,18)/t8-/m0/s1. The van der Waals surface area contributed by atoms with Crippen LogP contribution in [-0.4, -0.2) is 27.1 Å². The molecule has 0 fully saturated rings. The molecule has 0 radical (unpaired) electrons. The Morgan fingerprint density at radius 2 is 2.19 bits per heavy atom. The van der Waals surface area contributed by atoms with Crippen LogP contribution < -0.4 is 5.32 Å². The lowest BCUT2D eigenvalue weighted by Gasteiger charge is -2.10. The fourth-order valence-corrected chi connectivity index (χ4v) is 4.90. The van der Waals surface area contributed by atoms with Crippen molar-refractivity contribution < 1.29 is 4.79 Å². The number of benzene rings is 1. The fraction of sp³-hybridized carbons (Fsp3) is 0.308. The van der Waals surface area contributed by atoms with Gasteiger partial charge in [-0.3, -0.25) is 4.79 Å². The van der Waals surface area contributed by atoms with Crippen LogP contribution in [-0.2, 0) is 4.79 Å². The largest absolute Gasteiger partial charge is 0.325 e. The minimum atomic E-state index is -0.226. The first-order valence-corrected chi connectivity index (χ1v) is 9.75. The summed E-state index contributed by atoms with van der Waals surface area (Å²) in [5.41, 5.74) is 0.779. The van der Waals surface area contributed by atoms with E-state index in [1.165, 1.54) is 23.1 Å². The van der Waals surface area contributed by atoms with E-state index in [2.05, 4.69) is 38.4 Å². The topological polar surface area (TPSA) is 54.9 Å². The predicted molar refractivity (Wildman–Crippen MR) is 94.4 cm³/mol. The molecule has 0 unspecified atom stereocenters. The number of carbonyl (C=O) groups is 1. The van der Waals surface area contributed by atoms with Crippen molar-refractivity contribution in [3.05, 3.63) is 28.7 Å². The van der Waals surface area contributed by atoms with Crippen LogP contribution in [0.2, 0.25) is 0 Å². The summed E-state index contributed by atoms with van der Waals surface area (Å²) < 4.78 is 2.70. The normalized spacial score (nSPS) is 12.1. The van der Waals surface area contributed by atoms with Crippen LogP contribution in [0.5, 0.6) is 0 Å². The molecule has 0 spiro atoms. The summed E-state index contributed by atoms with van der Waals surface area (Å²) in [7, 11) is 0. The highest BCUT2D eigenvalue weighted by Crippen LogP contribution is 2.31. The first kappa shape index (κ1) is 16.8. The van der Waals surface area contributed by atoms with E-state index >= 15 is 0 Å². The Morgan fingerprint density at radius 3 is 2.90 bits per heavy atom. The van der Waals surface area contributed by atoms with Crippen LogP contribution in [0, 0.1) is 0 Å². The van der Waals surface area contributed by atoms with Gasteiger partial charge in [0.1, 0.15) is 0 Å². The van der Waals surface area contributed by atoms with Gasteiger partial charge in [0.2, 0.25) is 5.91 Å². The van der Waals surface area contributed by atoms with Crippen LogP contribution in [0.4, 0.5) is 5.69 Å². The van der Waals surface area contributed by atoms with Gasteiger partial charge in [-0.1, -0.05) is 63.8 Å². The molecule has 0 aliphatic rings. The molecular formula is C13H14BrN3OS3. The van der Waals surface area contributed by atoms with E-state index < -0.39 is 0 Å². The molecule has 1 amide bonds. The average molecular weight is 404 g/mol. The summed E-state index contributed by atoms with van der Waals surface area (Å²) in [4.78, 5) is 12.2. The summed E-state index contributed by atoms with van der Waals surface area (Å²) in [5.74, 6) is 0.927. The third kappa shape index (κ3) is 5.28. The quantitative estimate of drug-likeness (QED) is 0.717. The first-order chi connectivity index (χ1) is 10.1. The molecule has 1 atom stereocenters. The Balaban J connectivity index is 1.92. The molecule has 2 rings (SSSR count). The van der Waals surface area contributed by atoms with Gasteiger partial charge in [-0.05, 0) is 30.9 Å². The Bertz CT molecular complexity index is 620. The Morgan fingerprint density at radius 1 is 1.43 bits per heavy atom. The molecule has 21 heavy (non-hydrogen) atoms. The highest BCUT2D eigenvalue weighted by atomic mass is 79.9. The third-order valence-corrected chi connectivity index (χ3v) is 6.01. The second-order valence-electron chi connectivity index (χ2n) is 4.03. The number of thioether (sulfide) groups is 2. The van der Waals surface area contributed by atoms with Crippen molar-refractivity contribution in [1.82, 2.24) is 10.2 Å². The van der Waals surface area contributed by atoms with Crippen molar-refractivity contribution in [2.75, 3.05) is 11.1 Å². The number of hydrogen-bond donors (Lipinski definition) is 1. The first-order valence-electron chi connectivity index (χ1n) is 6.28. The average Bonchev–Trinajstić information content (AvgIpc) is 2.86. The number of nitrogens with zero attached hydrogens (tertiary/aromatic N) is 2. The SMILES string of the molecule is CCSc1nnc(S[C@@H](C)C(=O)Nc2cccc(Br)c2)s1. The van der Waals surface area contributed by atoms with Crippen LogP contribution in [0.1, 0.15) is 13.8 Å². The number of amides is 1. The molecule has 1 N–H and O–H groups in total. The molecule has 1 aromatic heterocycles. The molecule has 112 valence electrons. The van der Waals surface area contributed by atoms with E-state index in [0.717, 1.165) is 24.6 Å². The number of anilines is 1. The Kier molecular flexibility index (Phi) is 6.53. The van der Waals surface area contributed by atoms with Gasteiger partial charge in [-0.25, -0.2) is 0 Å². The number of rotatable bonds is 6. The highest BCUT2D eigenvalue weighted by Gasteiger charge is 2.17. The predicted octanol–water partition coefficient (Wildman–Crippen LogP) is 4.53. The lowest BCUT2D eigenvalue weighted by Crippen LogP contribution is -2.22. The van der Waals surface area contributed by atoms with Gasteiger partial charge in [0.05, 0.1) is 5.25 Å². The van der Waals surface area contributed by atoms with E-state index in [1.807, 2.05) is 31.2 Å². The van der Waals surface area contributed by atoms with Crippen LogP contribution >= 0.6 is 50.8 Å². The molecule has 1 aromatic carbocycles. The van der Waals surface area contributed by atoms with E-state index in [-0.39, 0.29) is 11.2 Å². The maximum absolute atomic E-state index is 12.2. The van der Waals surface area contributed by atoms with Gasteiger partial charge in [-0.15, -0.1) is 10.2 Å². The van der Waals surface area contributed by atoms with E-state index in [4.69, 9.17) is 0 Å². The zero-order valence-corrected chi connectivity index (χ0v) is 15.5. The van der Waals surface area contributed by atoms with Gasteiger partial charge >= 0.3 is 0 Å². The summed E-state index contributed by atoms with van der Waals surface area (Å²) in [6, 6.07) is 7.54. The summed E-state index contributed by atoms with van der Waals surface area (Å²) in [5, 5.41) is 10.9. The van der Waals surface area contributed by atoms with Gasteiger partial charge in [-0.2, -0.15) is 0 Å². The highest BCUT2D eigenvalue weighted by molar-refractivity contribution is 9.10. The van der Waals surface area contributed by atoms with E-state index in [0.29, 0.717) is 0 Å². The Hall–Kier alpha value is -0.570. The lowest BCUT2D eigenvalue weighted by molar-refractivity contribution is -0.115. The molecule has 8 heteroatoms. The van der Waals surface area contributed by atoms with Crippen molar-refractivity contribution in [1.29, 1.82) is 0 Å². The number of carbonyl (C=O) groups excluding carboxylic acids is 1. The van der Waals surface area contributed by atoms with Crippen molar-refractivity contribution >= 4 is 62.4 Å². The maximum atomic E-state index is 12.2. The number of aromatic nitrogens is 2. The van der Waals surface area contributed by atoms with Gasteiger partial charge in [0.15, 0.2) is 8.68 Å². The molecule has 2 aromatic rings. The lowest BCUT2D eigenvalue weighted by atomic mass is 10.3. The van der Waals surface area contributed by atoms with Crippen molar-refractivity contribution in [3.8, 4) is 0 Å². The van der Waals surface area contributed by atoms with Gasteiger partial charge in [0, 0.05) is 10.2 Å². The zero-order valence-electron chi connectivity index (χ0n) is 11.5.